The van der Waals surface area contributed by atoms with Gasteiger partial charge in [-0.25, -0.2) is 4.79 Å². The average Bonchev–Trinajstić information content (AvgIpc) is 2.72. The lowest BCUT2D eigenvalue weighted by Crippen LogP contribution is -2.48. The molecule has 1 aliphatic rings. The minimum absolute atomic E-state index is 0.221. The molecule has 0 aromatic heterocycles. The molecule has 6 heteroatoms. The first-order valence-corrected chi connectivity index (χ1v) is 10.5. The van der Waals surface area contributed by atoms with Gasteiger partial charge in [0.2, 0.25) is 0 Å². The number of hydrogen-bond acceptors (Lipinski definition) is 3. The van der Waals surface area contributed by atoms with Crippen LogP contribution in [0.5, 0.6) is 0 Å². The number of aryl methyl sites for hydroxylation is 1. The summed E-state index contributed by atoms with van der Waals surface area (Å²) in [6.07, 6.45) is 1.63. The Bertz CT molecular complexity index is 873. The Labute approximate surface area is 177 Å². The number of piperidine rings is 1. The fraction of sp³-hybridized carbons (Fsp3) is 0.435. The summed E-state index contributed by atoms with van der Waals surface area (Å²) in [4.78, 5) is 13.0. The van der Waals surface area contributed by atoms with E-state index in [2.05, 4.69) is 6.07 Å². The van der Waals surface area contributed by atoms with E-state index >= 15 is 0 Å². The number of nitrogens with zero attached hydrogens (tertiary/aromatic N) is 1. The maximum atomic E-state index is 12.0. The van der Waals surface area contributed by atoms with Crippen LogP contribution in [0.25, 0.3) is 11.1 Å². The van der Waals surface area contributed by atoms with Crippen LogP contribution in [0.4, 0.5) is 4.79 Å². The van der Waals surface area contributed by atoms with Crippen molar-refractivity contribution < 1.29 is 15.0 Å². The van der Waals surface area contributed by atoms with Gasteiger partial charge in [-0.3, -0.25) is 0 Å². The molecule has 1 unspecified atom stereocenters. The first kappa shape index (κ1) is 21.6. The molecule has 0 spiro atoms. The van der Waals surface area contributed by atoms with Crippen molar-refractivity contribution in [2.45, 2.75) is 38.2 Å². The molecule has 156 valence electrons. The Kier molecular flexibility index (Phi) is 6.83. The second-order valence-electron chi connectivity index (χ2n) is 7.92. The summed E-state index contributed by atoms with van der Waals surface area (Å²) in [7, 11) is 0. The summed E-state index contributed by atoms with van der Waals surface area (Å²) in [6, 6.07) is 13.6. The standard InChI is InChI=1S/C23H29ClN2O3/c1-16-6-2-7-17(14-16)21-19(9-3-10-20(21)24)23(29,11-5-12-25)18-8-4-13-26(15-18)22(27)28/h2-3,6-7,9-10,14,18,29H,4-5,8,11-13,15,25H2,1H3,(H,27,28)/t18-,23?/m1/s1. The Morgan fingerprint density at radius 2 is 2.07 bits per heavy atom. The van der Waals surface area contributed by atoms with E-state index in [9.17, 15) is 15.0 Å². The van der Waals surface area contributed by atoms with Crippen molar-refractivity contribution in [2.75, 3.05) is 19.6 Å². The summed E-state index contributed by atoms with van der Waals surface area (Å²) in [5.74, 6) is -0.221. The van der Waals surface area contributed by atoms with E-state index in [1.54, 1.807) is 0 Å². The van der Waals surface area contributed by atoms with Crippen LogP contribution in [-0.4, -0.2) is 40.8 Å². The van der Waals surface area contributed by atoms with Crippen molar-refractivity contribution in [3.63, 3.8) is 0 Å². The predicted molar refractivity (Wildman–Crippen MR) is 116 cm³/mol. The van der Waals surface area contributed by atoms with Crippen LogP contribution in [0, 0.1) is 12.8 Å². The summed E-state index contributed by atoms with van der Waals surface area (Å²) in [5.41, 5.74) is 8.18. The lowest BCUT2D eigenvalue weighted by atomic mass is 9.72. The van der Waals surface area contributed by atoms with Crippen LogP contribution >= 0.6 is 11.6 Å². The summed E-state index contributed by atoms with van der Waals surface area (Å²) >= 11 is 6.63. The van der Waals surface area contributed by atoms with E-state index in [4.69, 9.17) is 17.3 Å². The number of benzene rings is 2. The molecule has 0 aliphatic carbocycles. The molecule has 3 rings (SSSR count). The van der Waals surface area contributed by atoms with Crippen molar-refractivity contribution >= 4 is 17.7 Å². The highest BCUT2D eigenvalue weighted by Crippen LogP contribution is 2.45. The summed E-state index contributed by atoms with van der Waals surface area (Å²) in [6.45, 7) is 3.28. The van der Waals surface area contributed by atoms with Crippen molar-refractivity contribution in [3.05, 3.63) is 58.6 Å². The number of hydrogen-bond donors (Lipinski definition) is 3. The molecule has 1 aliphatic heterocycles. The van der Waals surface area contributed by atoms with E-state index in [0.29, 0.717) is 37.5 Å². The molecule has 4 N–H and O–H groups in total. The molecule has 2 aromatic rings. The van der Waals surface area contributed by atoms with Crippen LogP contribution in [0.15, 0.2) is 42.5 Å². The zero-order chi connectivity index (χ0) is 21.0. The molecule has 0 saturated carbocycles. The number of halogens is 1. The van der Waals surface area contributed by atoms with Crippen molar-refractivity contribution in [2.24, 2.45) is 11.7 Å². The van der Waals surface area contributed by atoms with Gasteiger partial charge in [-0.15, -0.1) is 0 Å². The number of aliphatic hydroxyl groups is 1. The summed E-state index contributed by atoms with van der Waals surface area (Å²) in [5, 5.41) is 22.1. The zero-order valence-corrected chi connectivity index (χ0v) is 17.5. The third-order valence-electron chi connectivity index (χ3n) is 5.92. The lowest BCUT2D eigenvalue weighted by molar-refractivity contribution is -0.0567. The van der Waals surface area contributed by atoms with E-state index in [-0.39, 0.29) is 5.92 Å². The number of amides is 1. The Morgan fingerprint density at radius 3 is 2.76 bits per heavy atom. The molecule has 1 fully saturated rings. The number of likely N-dealkylation sites (tertiary alicyclic amines) is 1. The molecule has 29 heavy (non-hydrogen) atoms. The van der Waals surface area contributed by atoms with Gasteiger partial charge in [0.1, 0.15) is 0 Å². The number of carbonyl (C=O) groups is 1. The fourth-order valence-electron chi connectivity index (χ4n) is 4.45. The van der Waals surface area contributed by atoms with Crippen molar-refractivity contribution in [1.82, 2.24) is 4.90 Å². The zero-order valence-electron chi connectivity index (χ0n) is 16.8. The van der Waals surface area contributed by atoms with Gasteiger partial charge in [-0.05, 0) is 56.3 Å². The number of nitrogens with two attached hydrogens (primary N) is 1. The fourth-order valence-corrected chi connectivity index (χ4v) is 4.73. The third kappa shape index (κ3) is 4.58. The molecule has 0 bridgehead atoms. The van der Waals surface area contributed by atoms with Crippen LogP contribution in [-0.2, 0) is 5.60 Å². The molecule has 1 saturated heterocycles. The maximum absolute atomic E-state index is 12.0. The van der Waals surface area contributed by atoms with Gasteiger partial charge in [-0.1, -0.05) is 53.6 Å². The van der Waals surface area contributed by atoms with Gasteiger partial charge in [0.15, 0.2) is 0 Å². The van der Waals surface area contributed by atoms with Crippen LogP contribution in [0.1, 0.15) is 36.8 Å². The quantitative estimate of drug-likeness (QED) is 0.640. The van der Waals surface area contributed by atoms with Gasteiger partial charge in [0.05, 0.1) is 5.60 Å². The van der Waals surface area contributed by atoms with E-state index in [0.717, 1.165) is 35.1 Å². The van der Waals surface area contributed by atoms with Gasteiger partial charge in [-0.2, -0.15) is 0 Å². The monoisotopic (exact) mass is 416 g/mol. The molecule has 0 radical (unpaired) electrons. The van der Waals surface area contributed by atoms with Crippen LogP contribution in [0.3, 0.4) is 0 Å². The van der Waals surface area contributed by atoms with Gasteiger partial charge in [0, 0.05) is 29.6 Å². The largest absolute Gasteiger partial charge is 0.465 e. The Hall–Kier alpha value is -2.08. The van der Waals surface area contributed by atoms with E-state index < -0.39 is 11.7 Å². The molecule has 1 heterocycles. The van der Waals surface area contributed by atoms with Crippen LogP contribution < -0.4 is 5.73 Å². The van der Waals surface area contributed by atoms with Crippen molar-refractivity contribution in [3.8, 4) is 11.1 Å². The summed E-state index contributed by atoms with van der Waals surface area (Å²) < 4.78 is 0. The average molecular weight is 417 g/mol. The van der Waals surface area contributed by atoms with Gasteiger partial charge < -0.3 is 20.8 Å². The van der Waals surface area contributed by atoms with E-state index in [1.807, 2.05) is 43.3 Å². The smallest absolute Gasteiger partial charge is 0.407 e. The van der Waals surface area contributed by atoms with Crippen molar-refractivity contribution in [1.29, 1.82) is 0 Å². The Morgan fingerprint density at radius 1 is 1.31 bits per heavy atom. The first-order valence-electron chi connectivity index (χ1n) is 10.1. The molecular formula is C23H29ClN2O3. The lowest BCUT2D eigenvalue weighted by Gasteiger charge is -2.43. The minimum Gasteiger partial charge on any atom is -0.465 e. The van der Waals surface area contributed by atoms with E-state index in [1.165, 1.54) is 4.90 Å². The highest BCUT2D eigenvalue weighted by molar-refractivity contribution is 6.33. The predicted octanol–water partition coefficient (Wildman–Crippen LogP) is 4.63. The second-order valence-corrected chi connectivity index (χ2v) is 8.32. The highest BCUT2D eigenvalue weighted by Gasteiger charge is 2.42. The van der Waals surface area contributed by atoms with Crippen LogP contribution in [0.2, 0.25) is 5.02 Å². The molecule has 2 atom stereocenters. The Balaban J connectivity index is 2.12. The third-order valence-corrected chi connectivity index (χ3v) is 6.23. The minimum atomic E-state index is -1.21. The SMILES string of the molecule is Cc1cccc(-c2c(Cl)cccc2C(O)(CCCN)[C@@H]2CCCN(C(=O)O)C2)c1. The first-order chi connectivity index (χ1) is 13.9. The maximum Gasteiger partial charge on any atom is 0.407 e. The topological polar surface area (TPSA) is 86.8 Å². The number of carboxylic acid groups (broad SMARTS) is 1. The van der Waals surface area contributed by atoms with Gasteiger partial charge in [0.25, 0.3) is 0 Å². The highest BCUT2D eigenvalue weighted by atomic mass is 35.5. The second kappa shape index (κ2) is 9.16. The molecule has 1 amide bonds. The molecule has 2 aromatic carbocycles. The number of rotatable bonds is 6. The molecule has 5 nitrogen and oxygen atoms in total. The normalized spacial score (nSPS) is 19.0. The van der Waals surface area contributed by atoms with Gasteiger partial charge >= 0.3 is 6.09 Å². The molecular weight excluding hydrogens is 388 g/mol.